The minimum absolute atomic E-state index is 0.0100. The molecule has 1 aromatic carbocycles. The van der Waals surface area contributed by atoms with E-state index in [9.17, 15) is 4.79 Å². The molecule has 2 aromatic rings. The van der Waals surface area contributed by atoms with Crippen LogP contribution in [0.3, 0.4) is 0 Å². The van der Waals surface area contributed by atoms with Gasteiger partial charge in [-0.15, -0.1) is 0 Å². The Labute approximate surface area is 149 Å². The van der Waals surface area contributed by atoms with E-state index in [0.717, 1.165) is 49.4 Å². The van der Waals surface area contributed by atoms with Crippen molar-refractivity contribution in [3.63, 3.8) is 0 Å². The van der Waals surface area contributed by atoms with E-state index in [-0.39, 0.29) is 11.9 Å². The van der Waals surface area contributed by atoms with Crippen LogP contribution in [0.15, 0.2) is 30.3 Å². The molecule has 5 heteroatoms. The lowest BCUT2D eigenvalue weighted by Gasteiger charge is -2.27. The van der Waals surface area contributed by atoms with Gasteiger partial charge in [0, 0.05) is 26.0 Å². The smallest absolute Gasteiger partial charge is 0.255 e. The number of carbonyl (C=O) groups is 1. The predicted molar refractivity (Wildman–Crippen MR) is 97.5 cm³/mol. The molecule has 1 amide bonds. The highest BCUT2D eigenvalue weighted by atomic mass is 16.5. The van der Waals surface area contributed by atoms with Gasteiger partial charge in [-0.2, -0.15) is 5.10 Å². The van der Waals surface area contributed by atoms with Crippen LogP contribution < -0.4 is 5.32 Å². The van der Waals surface area contributed by atoms with Crippen molar-refractivity contribution in [2.75, 3.05) is 13.2 Å². The lowest BCUT2D eigenvalue weighted by molar-refractivity contribution is 0.0597. The van der Waals surface area contributed by atoms with E-state index in [4.69, 9.17) is 4.74 Å². The van der Waals surface area contributed by atoms with Gasteiger partial charge in [-0.1, -0.05) is 30.3 Å². The standard InChI is InChI=1S/C20H27N3O2/c1-14-19(15(2)23(3)22-14)20(24)21-18(17-7-5-4-6-8-17)13-16-9-11-25-12-10-16/h4-8,16,18H,9-13H2,1-3H3,(H,21,24). The minimum Gasteiger partial charge on any atom is -0.381 e. The van der Waals surface area contributed by atoms with E-state index in [1.54, 1.807) is 4.68 Å². The van der Waals surface area contributed by atoms with Crippen molar-refractivity contribution in [3.05, 3.63) is 52.8 Å². The van der Waals surface area contributed by atoms with Crippen LogP contribution in [-0.2, 0) is 11.8 Å². The zero-order valence-electron chi connectivity index (χ0n) is 15.3. The summed E-state index contributed by atoms with van der Waals surface area (Å²) in [5.41, 5.74) is 3.51. The van der Waals surface area contributed by atoms with Crippen LogP contribution in [-0.4, -0.2) is 28.9 Å². The summed E-state index contributed by atoms with van der Waals surface area (Å²) in [6.07, 6.45) is 3.06. The molecule has 3 rings (SSSR count). The first kappa shape index (κ1) is 17.7. The summed E-state index contributed by atoms with van der Waals surface area (Å²) in [6.45, 7) is 5.46. The highest BCUT2D eigenvalue weighted by Gasteiger charge is 2.25. The van der Waals surface area contributed by atoms with Gasteiger partial charge in [0.1, 0.15) is 0 Å². The highest BCUT2D eigenvalue weighted by molar-refractivity contribution is 5.96. The predicted octanol–water partition coefficient (Wildman–Crippen LogP) is 3.32. The largest absolute Gasteiger partial charge is 0.381 e. The average Bonchev–Trinajstić information content (AvgIpc) is 2.88. The van der Waals surface area contributed by atoms with Gasteiger partial charge in [0.05, 0.1) is 17.3 Å². The van der Waals surface area contributed by atoms with Crippen LogP contribution in [0, 0.1) is 19.8 Å². The van der Waals surface area contributed by atoms with Crippen molar-refractivity contribution in [2.24, 2.45) is 13.0 Å². The lowest BCUT2D eigenvalue weighted by atomic mass is 9.89. The molecule has 2 heterocycles. The molecule has 1 aliphatic heterocycles. The van der Waals surface area contributed by atoms with Crippen LogP contribution in [0.5, 0.6) is 0 Å². The Morgan fingerprint density at radius 1 is 1.28 bits per heavy atom. The number of carbonyl (C=O) groups excluding carboxylic acids is 1. The third-order valence-corrected chi connectivity index (χ3v) is 5.15. The number of ether oxygens (including phenoxy) is 1. The summed E-state index contributed by atoms with van der Waals surface area (Å²) < 4.78 is 7.24. The minimum atomic E-state index is -0.0380. The maximum Gasteiger partial charge on any atom is 0.255 e. The maximum atomic E-state index is 12.9. The number of hydrogen-bond donors (Lipinski definition) is 1. The Hall–Kier alpha value is -2.14. The van der Waals surface area contributed by atoms with Gasteiger partial charge >= 0.3 is 0 Å². The van der Waals surface area contributed by atoms with E-state index < -0.39 is 0 Å². The fourth-order valence-corrected chi connectivity index (χ4v) is 3.61. The first-order valence-electron chi connectivity index (χ1n) is 9.00. The number of benzene rings is 1. The fraction of sp³-hybridized carbons (Fsp3) is 0.500. The Morgan fingerprint density at radius 2 is 1.96 bits per heavy atom. The monoisotopic (exact) mass is 341 g/mol. The third kappa shape index (κ3) is 4.10. The van der Waals surface area contributed by atoms with Gasteiger partial charge < -0.3 is 10.1 Å². The third-order valence-electron chi connectivity index (χ3n) is 5.15. The van der Waals surface area contributed by atoms with E-state index in [1.807, 2.05) is 39.1 Å². The number of hydrogen-bond acceptors (Lipinski definition) is 3. The van der Waals surface area contributed by atoms with Gasteiger partial charge in [-0.3, -0.25) is 9.48 Å². The number of nitrogens with one attached hydrogen (secondary N) is 1. The van der Waals surface area contributed by atoms with Gasteiger partial charge in [0.25, 0.3) is 5.91 Å². The van der Waals surface area contributed by atoms with E-state index in [0.29, 0.717) is 11.5 Å². The average molecular weight is 341 g/mol. The number of aryl methyl sites for hydroxylation is 2. The lowest BCUT2D eigenvalue weighted by Crippen LogP contribution is -2.32. The van der Waals surface area contributed by atoms with Crippen molar-refractivity contribution in [1.82, 2.24) is 15.1 Å². The van der Waals surface area contributed by atoms with Crippen LogP contribution >= 0.6 is 0 Å². The summed E-state index contributed by atoms with van der Waals surface area (Å²) in [5, 5.41) is 7.63. The van der Waals surface area contributed by atoms with Crippen molar-refractivity contribution in [3.8, 4) is 0 Å². The van der Waals surface area contributed by atoms with Gasteiger partial charge in [-0.25, -0.2) is 0 Å². The molecule has 0 spiro atoms. The molecule has 0 aliphatic carbocycles. The first-order valence-corrected chi connectivity index (χ1v) is 9.00. The van der Waals surface area contributed by atoms with Crippen LogP contribution in [0.25, 0.3) is 0 Å². The van der Waals surface area contributed by atoms with Crippen molar-refractivity contribution < 1.29 is 9.53 Å². The first-order chi connectivity index (χ1) is 12.1. The second-order valence-electron chi connectivity index (χ2n) is 6.90. The Balaban J connectivity index is 1.80. The molecule has 25 heavy (non-hydrogen) atoms. The summed E-state index contributed by atoms with van der Waals surface area (Å²) in [6, 6.07) is 10.3. The summed E-state index contributed by atoms with van der Waals surface area (Å²) >= 11 is 0. The fourth-order valence-electron chi connectivity index (χ4n) is 3.61. The Kier molecular flexibility index (Phi) is 5.53. The van der Waals surface area contributed by atoms with Crippen LogP contribution in [0.1, 0.15) is 52.6 Å². The molecule has 1 saturated heterocycles. The molecule has 1 N–H and O–H groups in total. The molecule has 1 fully saturated rings. The molecule has 134 valence electrons. The van der Waals surface area contributed by atoms with Crippen molar-refractivity contribution >= 4 is 5.91 Å². The molecule has 0 radical (unpaired) electrons. The number of aromatic nitrogens is 2. The second-order valence-corrected chi connectivity index (χ2v) is 6.90. The van der Waals surface area contributed by atoms with Gasteiger partial charge in [0.2, 0.25) is 0 Å². The van der Waals surface area contributed by atoms with Crippen LogP contribution in [0.2, 0.25) is 0 Å². The SMILES string of the molecule is Cc1nn(C)c(C)c1C(=O)NC(CC1CCOCC1)c1ccccc1. The highest BCUT2D eigenvalue weighted by Crippen LogP contribution is 2.28. The molecule has 1 aromatic heterocycles. The van der Waals surface area contributed by atoms with Crippen molar-refractivity contribution in [2.45, 2.75) is 39.2 Å². The summed E-state index contributed by atoms with van der Waals surface area (Å²) in [5.74, 6) is 0.541. The molecule has 1 atom stereocenters. The van der Waals surface area contributed by atoms with Gasteiger partial charge in [-0.05, 0) is 44.6 Å². The Morgan fingerprint density at radius 3 is 2.56 bits per heavy atom. The maximum absolute atomic E-state index is 12.9. The zero-order chi connectivity index (χ0) is 17.8. The van der Waals surface area contributed by atoms with Crippen LogP contribution in [0.4, 0.5) is 0 Å². The molecule has 5 nitrogen and oxygen atoms in total. The zero-order valence-corrected chi connectivity index (χ0v) is 15.3. The summed E-state index contributed by atoms with van der Waals surface area (Å²) in [7, 11) is 1.87. The molecule has 1 aliphatic rings. The van der Waals surface area contributed by atoms with Crippen molar-refractivity contribution in [1.29, 1.82) is 0 Å². The molecule has 1 unspecified atom stereocenters. The van der Waals surface area contributed by atoms with E-state index in [1.165, 1.54) is 0 Å². The molecular formula is C20H27N3O2. The molecule has 0 saturated carbocycles. The number of rotatable bonds is 5. The van der Waals surface area contributed by atoms with Gasteiger partial charge in [0.15, 0.2) is 0 Å². The normalized spacial score (nSPS) is 16.6. The quantitative estimate of drug-likeness (QED) is 0.907. The molecule has 0 bridgehead atoms. The molecular weight excluding hydrogens is 314 g/mol. The second kappa shape index (κ2) is 7.83. The Bertz CT molecular complexity index is 718. The summed E-state index contributed by atoms with van der Waals surface area (Å²) in [4.78, 5) is 12.9. The number of nitrogens with zero attached hydrogens (tertiary/aromatic N) is 2. The van der Waals surface area contributed by atoms with E-state index >= 15 is 0 Å². The number of amides is 1. The topological polar surface area (TPSA) is 56.2 Å². The van der Waals surface area contributed by atoms with E-state index in [2.05, 4.69) is 22.5 Å².